The van der Waals surface area contributed by atoms with Gasteiger partial charge in [-0.25, -0.2) is 9.97 Å². The zero-order valence-electron chi connectivity index (χ0n) is 9.09. The SMILES string of the molecule is N#Cc1ccc(C(=O)Nc2cccnc2Br)nc1. The van der Waals surface area contributed by atoms with Gasteiger partial charge >= 0.3 is 0 Å². The van der Waals surface area contributed by atoms with Gasteiger partial charge in [0.15, 0.2) is 0 Å². The number of amides is 1. The van der Waals surface area contributed by atoms with Crippen molar-refractivity contribution in [3.8, 4) is 6.07 Å². The largest absolute Gasteiger partial charge is 0.318 e. The normalized spacial score (nSPS) is 9.56. The Kier molecular flexibility index (Phi) is 3.65. The number of nitriles is 1. The summed E-state index contributed by atoms with van der Waals surface area (Å²) in [6.07, 6.45) is 2.97. The summed E-state index contributed by atoms with van der Waals surface area (Å²) in [6, 6.07) is 8.42. The number of hydrogen-bond acceptors (Lipinski definition) is 4. The number of anilines is 1. The lowest BCUT2D eigenvalue weighted by Gasteiger charge is -2.05. The highest BCUT2D eigenvalue weighted by molar-refractivity contribution is 9.10. The van der Waals surface area contributed by atoms with Crippen LogP contribution in [0.15, 0.2) is 41.3 Å². The topological polar surface area (TPSA) is 78.7 Å². The summed E-state index contributed by atoms with van der Waals surface area (Å²) in [5.74, 6) is -0.354. The van der Waals surface area contributed by atoms with Gasteiger partial charge < -0.3 is 5.32 Å². The van der Waals surface area contributed by atoms with Gasteiger partial charge in [0.25, 0.3) is 5.91 Å². The van der Waals surface area contributed by atoms with E-state index in [2.05, 4.69) is 31.2 Å². The van der Waals surface area contributed by atoms with Crippen LogP contribution in [-0.2, 0) is 0 Å². The van der Waals surface area contributed by atoms with Crippen LogP contribution in [0.3, 0.4) is 0 Å². The standard InChI is InChI=1S/C12H7BrN4O/c13-11-9(2-1-5-15-11)17-12(18)10-4-3-8(6-14)7-16-10/h1-5,7H,(H,17,18). The molecule has 2 aromatic heterocycles. The number of halogens is 1. The van der Waals surface area contributed by atoms with E-state index in [1.807, 2.05) is 6.07 Å². The second kappa shape index (κ2) is 5.38. The molecule has 18 heavy (non-hydrogen) atoms. The molecule has 0 aromatic carbocycles. The first kappa shape index (κ1) is 12.2. The molecule has 0 unspecified atom stereocenters. The van der Waals surface area contributed by atoms with Gasteiger partial charge in [-0.05, 0) is 40.2 Å². The van der Waals surface area contributed by atoms with Crippen molar-refractivity contribution in [3.63, 3.8) is 0 Å². The maximum atomic E-state index is 11.9. The van der Waals surface area contributed by atoms with Crippen LogP contribution in [0, 0.1) is 11.3 Å². The molecule has 0 spiro atoms. The molecule has 0 atom stereocenters. The third kappa shape index (κ3) is 2.70. The van der Waals surface area contributed by atoms with Crippen LogP contribution in [0.25, 0.3) is 0 Å². The van der Waals surface area contributed by atoms with E-state index in [0.717, 1.165) is 0 Å². The molecule has 2 heterocycles. The molecule has 0 saturated heterocycles. The molecule has 0 fully saturated rings. The number of aromatic nitrogens is 2. The summed E-state index contributed by atoms with van der Waals surface area (Å²) in [6.45, 7) is 0. The van der Waals surface area contributed by atoms with Gasteiger partial charge in [0.2, 0.25) is 0 Å². The summed E-state index contributed by atoms with van der Waals surface area (Å²) < 4.78 is 0.548. The number of carbonyl (C=O) groups excluding carboxylic acids is 1. The Labute approximate surface area is 112 Å². The molecule has 0 radical (unpaired) electrons. The molecule has 88 valence electrons. The number of pyridine rings is 2. The minimum Gasteiger partial charge on any atom is -0.318 e. The highest BCUT2D eigenvalue weighted by Gasteiger charge is 2.09. The highest BCUT2D eigenvalue weighted by Crippen LogP contribution is 2.18. The van der Waals surface area contributed by atoms with Gasteiger partial charge in [-0.1, -0.05) is 0 Å². The molecule has 0 aliphatic rings. The van der Waals surface area contributed by atoms with Crippen molar-refractivity contribution in [3.05, 3.63) is 52.5 Å². The van der Waals surface area contributed by atoms with Crippen molar-refractivity contribution < 1.29 is 4.79 Å². The van der Waals surface area contributed by atoms with E-state index in [9.17, 15) is 4.79 Å². The molecule has 0 saturated carbocycles. The van der Waals surface area contributed by atoms with Crippen molar-refractivity contribution >= 4 is 27.5 Å². The summed E-state index contributed by atoms with van der Waals surface area (Å²) in [4.78, 5) is 19.8. The molecule has 1 amide bonds. The fourth-order valence-electron chi connectivity index (χ4n) is 1.26. The summed E-state index contributed by atoms with van der Waals surface area (Å²) in [5.41, 5.74) is 1.22. The Morgan fingerprint density at radius 3 is 2.78 bits per heavy atom. The van der Waals surface area contributed by atoms with Crippen LogP contribution in [0.4, 0.5) is 5.69 Å². The van der Waals surface area contributed by atoms with Crippen molar-refractivity contribution in [1.29, 1.82) is 5.26 Å². The third-order valence-electron chi connectivity index (χ3n) is 2.13. The van der Waals surface area contributed by atoms with E-state index in [0.29, 0.717) is 15.9 Å². The van der Waals surface area contributed by atoms with Crippen LogP contribution in [0.5, 0.6) is 0 Å². The fraction of sp³-hybridized carbons (Fsp3) is 0. The molecule has 1 N–H and O–H groups in total. The van der Waals surface area contributed by atoms with E-state index in [1.54, 1.807) is 24.4 Å². The monoisotopic (exact) mass is 302 g/mol. The van der Waals surface area contributed by atoms with Crippen LogP contribution in [-0.4, -0.2) is 15.9 Å². The first-order valence-electron chi connectivity index (χ1n) is 4.99. The number of hydrogen-bond donors (Lipinski definition) is 1. The van der Waals surface area contributed by atoms with Crippen molar-refractivity contribution in [2.75, 3.05) is 5.32 Å². The fourth-order valence-corrected chi connectivity index (χ4v) is 1.61. The summed E-state index contributed by atoms with van der Waals surface area (Å²) >= 11 is 3.23. The number of rotatable bonds is 2. The Morgan fingerprint density at radius 2 is 2.17 bits per heavy atom. The second-order valence-electron chi connectivity index (χ2n) is 3.34. The maximum absolute atomic E-state index is 11.9. The van der Waals surface area contributed by atoms with Gasteiger partial charge in [-0.15, -0.1) is 0 Å². The zero-order chi connectivity index (χ0) is 13.0. The highest BCUT2D eigenvalue weighted by atomic mass is 79.9. The first-order chi connectivity index (χ1) is 8.70. The van der Waals surface area contributed by atoms with E-state index >= 15 is 0 Å². The first-order valence-corrected chi connectivity index (χ1v) is 5.78. The number of nitrogens with zero attached hydrogens (tertiary/aromatic N) is 3. The van der Waals surface area contributed by atoms with Crippen LogP contribution in [0.2, 0.25) is 0 Å². The van der Waals surface area contributed by atoms with Gasteiger partial charge in [-0.2, -0.15) is 5.26 Å². The number of nitrogens with one attached hydrogen (secondary N) is 1. The van der Waals surface area contributed by atoms with E-state index < -0.39 is 0 Å². The summed E-state index contributed by atoms with van der Waals surface area (Å²) in [7, 11) is 0. The summed E-state index contributed by atoms with van der Waals surface area (Å²) in [5, 5.41) is 11.3. The van der Waals surface area contributed by atoms with Crippen LogP contribution >= 0.6 is 15.9 Å². The van der Waals surface area contributed by atoms with Crippen LogP contribution < -0.4 is 5.32 Å². The van der Waals surface area contributed by atoms with Gasteiger partial charge in [0, 0.05) is 12.4 Å². The molecule has 2 rings (SSSR count). The predicted molar refractivity (Wildman–Crippen MR) is 68.8 cm³/mol. The minimum absolute atomic E-state index is 0.241. The van der Waals surface area contributed by atoms with Gasteiger partial charge in [0.05, 0.1) is 11.3 Å². The predicted octanol–water partition coefficient (Wildman–Crippen LogP) is 2.36. The average molecular weight is 303 g/mol. The lowest BCUT2D eigenvalue weighted by molar-refractivity contribution is 0.102. The Bertz CT molecular complexity index is 619. The van der Waals surface area contributed by atoms with Crippen molar-refractivity contribution in [2.24, 2.45) is 0 Å². The molecule has 5 nitrogen and oxygen atoms in total. The molecule has 0 bridgehead atoms. The zero-order valence-corrected chi connectivity index (χ0v) is 10.7. The molecule has 2 aromatic rings. The Hall–Kier alpha value is -2.26. The lowest BCUT2D eigenvalue weighted by Crippen LogP contribution is -2.14. The van der Waals surface area contributed by atoms with Gasteiger partial charge in [0.1, 0.15) is 16.4 Å². The Morgan fingerprint density at radius 1 is 1.33 bits per heavy atom. The molecular weight excluding hydrogens is 296 g/mol. The van der Waals surface area contributed by atoms with E-state index in [4.69, 9.17) is 5.26 Å². The molecule has 0 aliphatic heterocycles. The third-order valence-corrected chi connectivity index (χ3v) is 2.76. The second-order valence-corrected chi connectivity index (χ2v) is 4.09. The van der Waals surface area contributed by atoms with E-state index in [-0.39, 0.29) is 11.6 Å². The van der Waals surface area contributed by atoms with Gasteiger partial charge in [-0.3, -0.25) is 4.79 Å². The molecular formula is C12H7BrN4O. The van der Waals surface area contributed by atoms with Crippen molar-refractivity contribution in [1.82, 2.24) is 9.97 Å². The lowest BCUT2D eigenvalue weighted by atomic mass is 10.2. The number of carbonyl (C=O) groups is 1. The molecule has 0 aliphatic carbocycles. The Balaban J connectivity index is 2.17. The minimum atomic E-state index is -0.354. The average Bonchev–Trinajstić information content (AvgIpc) is 2.41. The quantitative estimate of drug-likeness (QED) is 0.864. The maximum Gasteiger partial charge on any atom is 0.274 e. The van der Waals surface area contributed by atoms with E-state index in [1.165, 1.54) is 12.3 Å². The van der Waals surface area contributed by atoms with Crippen LogP contribution in [0.1, 0.15) is 16.1 Å². The molecule has 6 heteroatoms. The smallest absolute Gasteiger partial charge is 0.274 e. The van der Waals surface area contributed by atoms with Crippen molar-refractivity contribution in [2.45, 2.75) is 0 Å².